The number of piperidine rings is 1. The van der Waals surface area contributed by atoms with E-state index >= 15 is 0 Å². The molecule has 3 aliphatic rings. The number of hydrogen-bond acceptors (Lipinski definition) is 5. The fourth-order valence-corrected chi connectivity index (χ4v) is 5.23. The molecule has 163 valence electrons. The van der Waals surface area contributed by atoms with Crippen molar-refractivity contribution in [2.75, 3.05) is 24.5 Å². The van der Waals surface area contributed by atoms with Gasteiger partial charge >= 0.3 is 0 Å². The minimum absolute atomic E-state index is 0.0493. The Hall–Kier alpha value is -2.98. The quantitative estimate of drug-likeness (QED) is 0.747. The molecule has 0 aromatic heterocycles. The van der Waals surface area contributed by atoms with Gasteiger partial charge in [0.05, 0.1) is 12.2 Å². The number of anilines is 1. The van der Waals surface area contributed by atoms with Crippen molar-refractivity contribution in [2.24, 2.45) is 0 Å². The second-order valence-electron chi connectivity index (χ2n) is 8.56. The number of carbonyl (C=O) groups is 2. The monoisotopic (exact) mass is 445 g/mol. The average molecular weight is 446 g/mol. The first-order valence-corrected chi connectivity index (χ1v) is 12.0. The predicted molar refractivity (Wildman–Crippen MR) is 125 cm³/mol. The van der Waals surface area contributed by atoms with Crippen LogP contribution in [0.2, 0.25) is 0 Å². The lowest BCUT2D eigenvalue weighted by atomic mass is 10.0. The van der Waals surface area contributed by atoms with Gasteiger partial charge in [-0.05, 0) is 67.5 Å². The zero-order valence-corrected chi connectivity index (χ0v) is 18.7. The van der Waals surface area contributed by atoms with E-state index in [-0.39, 0.29) is 18.4 Å². The molecule has 1 saturated carbocycles. The van der Waals surface area contributed by atoms with Crippen LogP contribution in [0.3, 0.4) is 0 Å². The fourth-order valence-electron chi connectivity index (χ4n) is 4.24. The number of likely N-dealkylation sites (tertiary alicyclic amines) is 1. The molecule has 0 spiro atoms. The van der Waals surface area contributed by atoms with Crippen molar-refractivity contribution < 1.29 is 9.59 Å². The molecule has 2 fully saturated rings. The van der Waals surface area contributed by atoms with E-state index in [9.17, 15) is 14.9 Å². The van der Waals surface area contributed by atoms with Crippen LogP contribution in [0, 0.1) is 16.7 Å². The number of nitriles is 1. The van der Waals surface area contributed by atoms with Crippen LogP contribution in [0.5, 0.6) is 0 Å². The Balaban J connectivity index is 1.32. The van der Waals surface area contributed by atoms with Gasteiger partial charge in [-0.25, -0.2) is 0 Å². The lowest BCUT2D eigenvalue weighted by Gasteiger charge is -2.26. The highest BCUT2D eigenvalue weighted by Crippen LogP contribution is 2.48. The van der Waals surface area contributed by atoms with E-state index in [1.807, 2.05) is 41.3 Å². The van der Waals surface area contributed by atoms with Gasteiger partial charge in [-0.2, -0.15) is 5.26 Å². The SMILES string of the molecule is N#C[C]1Sc2cc(-c3ccc(C(=O)N4CCCCC4)cc3)ccc2N1CC(=O)NC1CC1. The van der Waals surface area contributed by atoms with Crippen molar-refractivity contribution in [1.29, 1.82) is 5.26 Å². The number of fused-ring (bicyclic) bond motifs is 1. The van der Waals surface area contributed by atoms with Gasteiger partial charge in [-0.3, -0.25) is 9.59 Å². The molecule has 2 heterocycles. The third-order valence-corrected chi connectivity index (χ3v) is 7.20. The summed E-state index contributed by atoms with van der Waals surface area (Å²) in [5, 5.41) is 13.1. The highest BCUT2D eigenvalue weighted by atomic mass is 32.2. The van der Waals surface area contributed by atoms with Crippen LogP contribution < -0.4 is 10.2 Å². The predicted octanol–water partition coefficient (Wildman–Crippen LogP) is 4.18. The molecule has 2 aliphatic heterocycles. The zero-order chi connectivity index (χ0) is 22.1. The summed E-state index contributed by atoms with van der Waals surface area (Å²) in [5.74, 6) is 0.0564. The van der Waals surface area contributed by atoms with Crippen LogP contribution in [-0.4, -0.2) is 42.4 Å². The van der Waals surface area contributed by atoms with Crippen LogP contribution >= 0.6 is 11.8 Å². The number of nitrogens with one attached hydrogen (secondary N) is 1. The maximum absolute atomic E-state index is 12.7. The molecule has 1 N–H and O–H groups in total. The van der Waals surface area contributed by atoms with Crippen molar-refractivity contribution in [2.45, 2.75) is 43.0 Å². The summed E-state index contributed by atoms with van der Waals surface area (Å²) < 4.78 is 0. The average Bonchev–Trinajstić information content (AvgIpc) is 3.58. The number of amides is 2. The summed E-state index contributed by atoms with van der Waals surface area (Å²) in [6.07, 6.45) is 5.44. The lowest BCUT2D eigenvalue weighted by Crippen LogP contribution is -2.37. The third-order valence-electron chi connectivity index (χ3n) is 6.15. The van der Waals surface area contributed by atoms with E-state index in [1.54, 1.807) is 4.90 Å². The standard InChI is InChI=1S/C25H25N4O2S/c26-15-24-29(16-23(30)27-20-9-10-20)21-11-8-19(14-22(21)32-24)17-4-6-18(7-5-17)25(31)28-12-2-1-3-13-28/h4-8,11,14,20H,1-3,9-10,12-13,16H2,(H,27,30). The summed E-state index contributed by atoms with van der Waals surface area (Å²) in [4.78, 5) is 29.7. The van der Waals surface area contributed by atoms with E-state index in [4.69, 9.17) is 0 Å². The summed E-state index contributed by atoms with van der Waals surface area (Å²) in [6, 6.07) is 16.3. The minimum Gasteiger partial charge on any atom is -0.352 e. The van der Waals surface area contributed by atoms with E-state index < -0.39 is 0 Å². The van der Waals surface area contributed by atoms with E-state index in [0.29, 0.717) is 11.4 Å². The topological polar surface area (TPSA) is 76.4 Å². The van der Waals surface area contributed by atoms with Crippen molar-refractivity contribution in [1.82, 2.24) is 10.2 Å². The maximum Gasteiger partial charge on any atom is 0.253 e. The summed E-state index contributed by atoms with van der Waals surface area (Å²) in [6.45, 7) is 1.84. The Morgan fingerprint density at radius 2 is 1.75 bits per heavy atom. The summed E-state index contributed by atoms with van der Waals surface area (Å²) in [5.41, 5.74) is 3.65. The molecule has 1 saturated heterocycles. The van der Waals surface area contributed by atoms with Gasteiger partial charge in [0.2, 0.25) is 11.3 Å². The number of benzene rings is 2. The number of nitrogens with zero attached hydrogens (tertiary/aromatic N) is 3. The number of thioether (sulfide) groups is 1. The van der Waals surface area contributed by atoms with Crippen molar-refractivity contribution >= 4 is 29.3 Å². The number of rotatable bonds is 5. The Morgan fingerprint density at radius 3 is 2.44 bits per heavy atom. The normalized spacial score (nSPS) is 18.2. The van der Waals surface area contributed by atoms with Gasteiger partial charge in [0.25, 0.3) is 5.91 Å². The van der Waals surface area contributed by atoms with Crippen LogP contribution in [0.1, 0.15) is 42.5 Å². The maximum atomic E-state index is 12.7. The van der Waals surface area contributed by atoms with E-state index in [2.05, 4.69) is 17.5 Å². The van der Waals surface area contributed by atoms with Gasteiger partial charge in [0.15, 0.2) is 0 Å². The van der Waals surface area contributed by atoms with E-state index in [1.165, 1.54) is 18.2 Å². The lowest BCUT2D eigenvalue weighted by molar-refractivity contribution is -0.119. The smallest absolute Gasteiger partial charge is 0.253 e. The second-order valence-corrected chi connectivity index (χ2v) is 9.59. The van der Waals surface area contributed by atoms with Crippen molar-refractivity contribution in [3.05, 3.63) is 53.4 Å². The molecular formula is C25H25N4O2S. The van der Waals surface area contributed by atoms with Crippen molar-refractivity contribution in [3.8, 4) is 17.2 Å². The molecule has 2 aromatic rings. The number of hydrogen-bond donors (Lipinski definition) is 1. The van der Waals surface area contributed by atoms with Gasteiger partial charge in [0.1, 0.15) is 6.07 Å². The fraction of sp³-hybridized carbons (Fsp3) is 0.360. The molecular weight excluding hydrogens is 420 g/mol. The third kappa shape index (κ3) is 4.33. The van der Waals surface area contributed by atoms with E-state index in [0.717, 1.165) is 66.0 Å². The van der Waals surface area contributed by atoms with Gasteiger partial charge in [0, 0.05) is 29.6 Å². The molecule has 2 aromatic carbocycles. The Bertz CT molecular complexity index is 1070. The minimum atomic E-state index is -0.0493. The summed E-state index contributed by atoms with van der Waals surface area (Å²) >= 11 is 1.40. The highest BCUT2D eigenvalue weighted by Gasteiger charge is 2.34. The Labute approximate surface area is 192 Å². The Kier molecular flexibility index (Phi) is 5.79. The molecule has 32 heavy (non-hydrogen) atoms. The molecule has 6 nitrogen and oxygen atoms in total. The molecule has 0 bridgehead atoms. The van der Waals surface area contributed by atoms with Gasteiger partial charge in [-0.15, -0.1) is 0 Å². The van der Waals surface area contributed by atoms with Crippen LogP contribution in [0.15, 0.2) is 47.4 Å². The molecule has 2 amide bonds. The first-order chi connectivity index (χ1) is 15.6. The van der Waals surface area contributed by atoms with Crippen LogP contribution in [0.25, 0.3) is 11.1 Å². The zero-order valence-electron chi connectivity index (χ0n) is 17.8. The molecule has 1 radical (unpaired) electrons. The Morgan fingerprint density at radius 1 is 1.03 bits per heavy atom. The van der Waals surface area contributed by atoms with Crippen LogP contribution in [-0.2, 0) is 4.79 Å². The molecule has 1 aliphatic carbocycles. The first kappa shape index (κ1) is 20.9. The van der Waals surface area contributed by atoms with Gasteiger partial charge in [-0.1, -0.05) is 30.0 Å². The second kappa shape index (κ2) is 8.87. The summed E-state index contributed by atoms with van der Waals surface area (Å²) in [7, 11) is 0. The first-order valence-electron chi connectivity index (χ1n) is 11.2. The van der Waals surface area contributed by atoms with Crippen LogP contribution in [0.4, 0.5) is 5.69 Å². The largest absolute Gasteiger partial charge is 0.352 e. The van der Waals surface area contributed by atoms with Crippen molar-refractivity contribution in [3.63, 3.8) is 0 Å². The molecule has 0 unspecified atom stereocenters. The number of carbonyl (C=O) groups excluding carboxylic acids is 2. The molecule has 0 atom stereocenters. The molecule has 7 heteroatoms. The van der Waals surface area contributed by atoms with Gasteiger partial charge < -0.3 is 15.1 Å². The molecule has 5 rings (SSSR count). The highest BCUT2D eigenvalue weighted by molar-refractivity contribution is 8.03.